The third kappa shape index (κ3) is 2.61. The van der Waals surface area contributed by atoms with Crippen LogP contribution < -0.4 is 0 Å². The quantitative estimate of drug-likeness (QED) is 0.862. The van der Waals surface area contributed by atoms with Crippen molar-refractivity contribution < 1.29 is 5.11 Å². The van der Waals surface area contributed by atoms with E-state index in [9.17, 15) is 5.11 Å². The van der Waals surface area contributed by atoms with Crippen LogP contribution >= 0.6 is 33.9 Å². The Kier molecular flexibility index (Phi) is 3.93. The number of rotatable bonds is 4. The van der Waals surface area contributed by atoms with E-state index in [0.29, 0.717) is 6.42 Å². The maximum Gasteiger partial charge on any atom is 0.138 e. The maximum atomic E-state index is 10.0. The summed E-state index contributed by atoms with van der Waals surface area (Å²) in [5.74, 6) is 0.830. The number of hydrogen-bond acceptors (Lipinski definition) is 4. The molecule has 0 aliphatic carbocycles. The second kappa shape index (κ2) is 5.24. The average Bonchev–Trinajstić information content (AvgIpc) is 2.86. The van der Waals surface area contributed by atoms with Crippen LogP contribution in [-0.4, -0.2) is 19.9 Å². The normalized spacial score (nSPS) is 12.9. The summed E-state index contributed by atoms with van der Waals surface area (Å²) in [7, 11) is 0. The fraction of sp³-hybridized carbons (Fsp3) is 0.400. The van der Waals surface area contributed by atoms with Gasteiger partial charge < -0.3 is 5.11 Å². The van der Waals surface area contributed by atoms with Crippen molar-refractivity contribution in [2.45, 2.75) is 26.0 Å². The van der Waals surface area contributed by atoms with Crippen molar-refractivity contribution in [1.29, 1.82) is 0 Å². The Bertz CT molecular complexity index is 468. The average molecular weight is 349 g/mol. The summed E-state index contributed by atoms with van der Waals surface area (Å²) in [5.41, 5.74) is 0.958. The Morgan fingerprint density at radius 2 is 2.44 bits per heavy atom. The summed E-state index contributed by atoms with van der Waals surface area (Å²) in [4.78, 5) is 4.15. The Hall–Kier alpha value is -0.470. The molecule has 0 saturated heterocycles. The van der Waals surface area contributed by atoms with Crippen molar-refractivity contribution in [2.24, 2.45) is 0 Å². The lowest BCUT2D eigenvalue weighted by Gasteiger charge is -2.08. The van der Waals surface area contributed by atoms with Gasteiger partial charge in [-0.2, -0.15) is 5.10 Å². The summed E-state index contributed by atoms with van der Waals surface area (Å²) >= 11 is 3.89. The molecule has 2 aromatic heterocycles. The first kappa shape index (κ1) is 12.0. The lowest BCUT2D eigenvalue weighted by molar-refractivity contribution is 0.174. The van der Waals surface area contributed by atoms with E-state index in [0.717, 1.165) is 17.9 Å². The van der Waals surface area contributed by atoms with Crippen molar-refractivity contribution in [3.63, 3.8) is 0 Å². The lowest BCUT2D eigenvalue weighted by atomic mass is 10.1. The minimum absolute atomic E-state index is 0.491. The Labute approximate surface area is 111 Å². The molecule has 4 nitrogen and oxygen atoms in total. The first-order valence-corrected chi connectivity index (χ1v) is 6.95. The van der Waals surface area contributed by atoms with Gasteiger partial charge in [-0.05, 0) is 46.5 Å². The molecule has 2 aromatic rings. The molecule has 86 valence electrons. The first-order valence-electron chi connectivity index (χ1n) is 4.99. The molecule has 16 heavy (non-hydrogen) atoms. The van der Waals surface area contributed by atoms with E-state index >= 15 is 0 Å². The van der Waals surface area contributed by atoms with E-state index in [1.165, 1.54) is 9.21 Å². The molecule has 1 N–H and O–H groups in total. The van der Waals surface area contributed by atoms with E-state index in [2.05, 4.69) is 32.7 Å². The van der Waals surface area contributed by atoms with Crippen LogP contribution in [0.15, 0.2) is 17.8 Å². The molecular weight excluding hydrogens is 337 g/mol. The third-order valence-electron chi connectivity index (χ3n) is 2.34. The van der Waals surface area contributed by atoms with Gasteiger partial charge in [-0.3, -0.25) is 4.68 Å². The molecule has 0 aromatic carbocycles. The highest BCUT2D eigenvalue weighted by atomic mass is 127. The monoisotopic (exact) mass is 349 g/mol. The Morgan fingerprint density at radius 3 is 3.06 bits per heavy atom. The van der Waals surface area contributed by atoms with Gasteiger partial charge in [-0.1, -0.05) is 0 Å². The summed E-state index contributed by atoms with van der Waals surface area (Å²) in [6.07, 6.45) is 1.55. The number of aryl methyl sites for hydroxylation is 1. The lowest BCUT2D eigenvalue weighted by Crippen LogP contribution is -2.09. The van der Waals surface area contributed by atoms with E-state index in [1.54, 1.807) is 16.0 Å². The van der Waals surface area contributed by atoms with Crippen molar-refractivity contribution in [3.05, 3.63) is 32.0 Å². The number of aliphatic hydroxyl groups is 1. The number of halogens is 1. The van der Waals surface area contributed by atoms with Gasteiger partial charge in [0.25, 0.3) is 0 Å². The van der Waals surface area contributed by atoms with Gasteiger partial charge in [0.15, 0.2) is 0 Å². The van der Waals surface area contributed by atoms with Crippen LogP contribution in [0.2, 0.25) is 0 Å². The van der Waals surface area contributed by atoms with Crippen LogP contribution in [0.3, 0.4) is 0 Å². The summed E-state index contributed by atoms with van der Waals surface area (Å²) < 4.78 is 2.99. The van der Waals surface area contributed by atoms with Crippen molar-refractivity contribution in [1.82, 2.24) is 14.8 Å². The number of thiophene rings is 1. The molecular formula is C10H12IN3OS. The zero-order valence-corrected chi connectivity index (χ0v) is 11.8. The number of nitrogens with zero attached hydrogens (tertiary/aromatic N) is 3. The van der Waals surface area contributed by atoms with Gasteiger partial charge in [0.05, 0.1) is 8.99 Å². The molecule has 1 atom stereocenters. The molecule has 0 fully saturated rings. The summed E-state index contributed by atoms with van der Waals surface area (Å²) in [5, 5.41) is 16.1. The summed E-state index contributed by atoms with van der Waals surface area (Å²) in [6, 6.07) is 2.00. The molecule has 6 heteroatoms. The fourth-order valence-corrected chi connectivity index (χ4v) is 2.92. The van der Waals surface area contributed by atoms with Crippen LogP contribution in [0.5, 0.6) is 0 Å². The van der Waals surface area contributed by atoms with Gasteiger partial charge in [-0.15, -0.1) is 11.3 Å². The molecule has 0 bridgehead atoms. The molecule has 0 saturated carbocycles. The zero-order valence-electron chi connectivity index (χ0n) is 8.80. The van der Waals surface area contributed by atoms with Crippen LogP contribution in [-0.2, 0) is 13.0 Å². The number of aliphatic hydroxyl groups excluding tert-OH is 1. The fourth-order valence-electron chi connectivity index (χ4n) is 1.50. The Balaban J connectivity index is 2.10. The van der Waals surface area contributed by atoms with Gasteiger partial charge >= 0.3 is 0 Å². The SMILES string of the molecule is CCn1ncnc1CC(O)c1csc(I)c1. The predicted molar refractivity (Wildman–Crippen MR) is 71.4 cm³/mol. The molecule has 2 heterocycles. The second-order valence-electron chi connectivity index (χ2n) is 3.40. The standard InChI is InChI=1S/C10H12IN3OS/c1-2-14-10(12-6-13-14)4-8(15)7-3-9(11)16-5-7/h3,5-6,8,15H,2,4H2,1H3. The van der Waals surface area contributed by atoms with Crippen LogP contribution in [0.25, 0.3) is 0 Å². The molecule has 0 spiro atoms. The molecule has 0 aliphatic rings. The molecule has 0 aliphatic heterocycles. The second-order valence-corrected chi connectivity index (χ2v) is 6.20. The third-order valence-corrected chi connectivity index (χ3v) is 4.15. The van der Waals surface area contributed by atoms with Crippen molar-refractivity contribution in [2.75, 3.05) is 0 Å². The maximum absolute atomic E-state index is 10.0. The minimum atomic E-state index is -0.491. The van der Waals surface area contributed by atoms with Crippen molar-refractivity contribution >= 4 is 33.9 Å². The molecule has 0 radical (unpaired) electrons. The van der Waals surface area contributed by atoms with Crippen molar-refractivity contribution in [3.8, 4) is 0 Å². The molecule has 2 rings (SSSR count). The van der Waals surface area contributed by atoms with Gasteiger partial charge in [0, 0.05) is 13.0 Å². The smallest absolute Gasteiger partial charge is 0.138 e. The number of hydrogen-bond donors (Lipinski definition) is 1. The molecule has 1 unspecified atom stereocenters. The van der Waals surface area contributed by atoms with Gasteiger partial charge in [-0.25, -0.2) is 4.98 Å². The minimum Gasteiger partial charge on any atom is -0.388 e. The number of aromatic nitrogens is 3. The zero-order chi connectivity index (χ0) is 11.5. The van der Waals surface area contributed by atoms with Gasteiger partial charge in [0.2, 0.25) is 0 Å². The highest BCUT2D eigenvalue weighted by Crippen LogP contribution is 2.24. The highest BCUT2D eigenvalue weighted by Gasteiger charge is 2.13. The molecule has 0 amide bonds. The van der Waals surface area contributed by atoms with E-state index in [-0.39, 0.29) is 0 Å². The van der Waals surface area contributed by atoms with E-state index in [1.807, 2.05) is 18.4 Å². The van der Waals surface area contributed by atoms with Gasteiger partial charge in [0.1, 0.15) is 12.2 Å². The summed E-state index contributed by atoms with van der Waals surface area (Å²) in [6.45, 7) is 2.79. The highest BCUT2D eigenvalue weighted by molar-refractivity contribution is 14.1. The topological polar surface area (TPSA) is 50.9 Å². The van der Waals surface area contributed by atoms with E-state index in [4.69, 9.17) is 0 Å². The Morgan fingerprint density at radius 1 is 1.62 bits per heavy atom. The van der Waals surface area contributed by atoms with Crippen LogP contribution in [0, 0.1) is 2.88 Å². The van der Waals surface area contributed by atoms with Crippen LogP contribution in [0.1, 0.15) is 24.4 Å². The van der Waals surface area contributed by atoms with E-state index < -0.39 is 6.10 Å². The largest absolute Gasteiger partial charge is 0.388 e. The predicted octanol–water partition coefficient (Wildman–Crippen LogP) is 2.24. The van der Waals surface area contributed by atoms with Crippen LogP contribution in [0.4, 0.5) is 0 Å². The first-order chi connectivity index (χ1) is 7.70.